The molecule has 15 heavy (non-hydrogen) atoms. The van der Waals surface area contributed by atoms with Crippen LogP contribution in [-0.4, -0.2) is 50.0 Å². The van der Waals surface area contributed by atoms with Crippen molar-refractivity contribution in [1.29, 1.82) is 0 Å². The first-order chi connectivity index (χ1) is 7.05. The standard InChI is InChI=1S/C9H17F3N2O/c10-9(11,12)8(2-3-13)14-4-1-6-15-7-5-14/h8H,1-7,13H2. The third-order valence-corrected chi connectivity index (χ3v) is 2.52. The number of hydrogen-bond acceptors (Lipinski definition) is 3. The normalized spacial score (nSPS) is 22.4. The predicted molar refractivity (Wildman–Crippen MR) is 50.5 cm³/mol. The third kappa shape index (κ3) is 3.96. The summed E-state index contributed by atoms with van der Waals surface area (Å²) in [6.45, 7) is 1.75. The van der Waals surface area contributed by atoms with Crippen molar-refractivity contribution in [2.24, 2.45) is 5.73 Å². The zero-order valence-corrected chi connectivity index (χ0v) is 8.59. The maximum Gasteiger partial charge on any atom is 0.404 e. The average Bonchev–Trinajstić information content (AvgIpc) is 2.40. The van der Waals surface area contributed by atoms with Gasteiger partial charge < -0.3 is 10.5 Å². The Morgan fingerprint density at radius 3 is 2.60 bits per heavy atom. The lowest BCUT2D eigenvalue weighted by Crippen LogP contribution is -2.47. The first-order valence-electron chi connectivity index (χ1n) is 5.14. The van der Waals surface area contributed by atoms with Crippen LogP contribution in [0, 0.1) is 0 Å². The Kier molecular flexibility index (Phi) is 4.82. The topological polar surface area (TPSA) is 38.5 Å². The van der Waals surface area contributed by atoms with Gasteiger partial charge in [0.1, 0.15) is 6.04 Å². The molecular weight excluding hydrogens is 209 g/mol. The van der Waals surface area contributed by atoms with Crippen LogP contribution in [0.4, 0.5) is 13.2 Å². The first-order valence-corrected chi connectivity index (χ1v) is 5.14. The van der Waals surface area contributed by atoms with Gasteiger partial charge in [-0.05, 0) is 19.4 Å². The van der Waals surface area contributed by atoms with Gasteiger partial charge in [-0.25, -0.2) is 0 Å². The molecule has 0 saturated carbocycles. The summed E-state index contributed by atoms with van der Waals surface area (Å²) < 4.78 is 43.2. The summed E-state index contributed by atoms with van der Waals surface area (Å²) in [7, 11) is 0. The molecule has 0 radical (unpaired) electrons. The van der Waals surface area contributed by atoms with E-state index in [1.807, 2.05) is 0 Å². The van der Waals surface area contributed by atoms with Gasteiger partial charge in [-0.3, -0.25) is 4.90 Å². The highest BCUT2D eigenvalue weighted by Gasteiger charge is 2.42. The van der Waals surface area contributed by atoms with Crippen molar-refractivity contribution in [1.82, 2.24) is 4.90 Å². The van der Waals surface area contributed by atoms with E-state index in [9.17, 15) is 13.2 Å². The van der Waals surface area contributed by atoms with Crippen molar-refractivity contribution in [3.63, 3.8) is 0 Å². The highest BCUT2D eigenvalue weighted by atomic mass is 19.4. The lowest BCUT2D eigenvalue weighted by atomic mass is 10.1. The maximum atomic E-state index is 12.7. The summed E-state index contributed by atoms with van der Waals surface area (Å²) in [5.74, 6) is 0. The molecule has 0 bridgehead atoms. The molecule has 0 amide bonds. The minimum atomic E-state index is -4.19. The molecule has 0 aromatic rings. The smallest absolute Gasteiger partial charge is 0.380 e. The second-order valence-corrected chi connectivity index (χ2v) is 3.64. The van der Waals surface area contributed by atoms with E-state index in [4.69, 9.17) is 10.5 Å². The summed E-state index contributed by atoms with van der Waals surface area (Å²) in [5.41, 5.74) is 5.21. The molecule has 6 heteroatoms. The fourth-order valence-electron chi connectivity index (χ4n) is 1.79. The number of halogens is 3. The quantitative estimate of drug-likeness (QED) is 0.780. The maximum absolute atomic E-state index is 12.7. The van der Waals surface area contributed by atoms with Crippen molar-refractivity contribution in [2.45, 2.75) is 25.1 Å². The Morgan fingerprint density at radius 2 is 2.00 bits per heavy atom. The minimum Gasteiger partial charge on any atom is -0.380 e. The Morgan fingerprint density at radius 1 is 1.27 bits per heavy atom. The molecule has 1 aliphatic heterocycles. The van der Waals surface area contributed by atoms with E-state index in [0.717, 1.165) is 0 Å². The van der Waals surface area contributed by atoms with Gasteiger partial charge in [0.15, 0.2) is 0 Å². The largest absolute Gasteiger partial charge is 0.404 e. The molecule has 0 aromatic heterocycles. The fraction of sp³-hybridized carbons (Fsp3) is 1.00. The number of ether oxygens (including phenoxy) is 1. The van der Waals surface area contributed by atoms with Crippen LogP contribution in [0.5, 0.6) is 0 Å². The second-order valence-electron chi connectivity index (χ2n) is 3.64. The number of nitrogens with zero attached hydrogens (tertiary/aromatic N) is 1. The van der Waals surface area contributed by atoms with E-state index in [-0.39, 0.29) is 13.0 Å². The van der Waals surface area contributed by atoms with E-state index in [0.29, 0.717) is 32.7 Å². The molecule has 1 fully saturated rings. The molecule has 1 aliphatic rings. The lowest BCUT2D eigenvalue weighted by molar-refractivity contribution is -0.184. The van der Waals surface area contributed by atoms with Crippen molar-refractivity contribution >= 4 is 0 Å². The number of nitrogens with two attached hydrogens (primary N) is 1. The number of rotatable bonds is 3. The summed E-state index contributed by atoms with van der Waals surface area (Å²) in [5, 5.41) is 0. The molecule has 90 valence electrons. The molecule has 3 nitrogen and oxygen atoms in total. The Balaban J connectivity index is 2.60. The summed E-state index contributed by atoms with van der Waals surface area (Å²) >= 11 is 0. The van der Waals surface area contributed by atoms with Crippen LogP contribution in [0.1, 0.15) is 12.8 Å². The highest BCUT2D eigenvalue weighted by Crippen LogP contribution is 2.27. The molecule has 2 N–H and O–H groups in total. The number of hydrogen-bond donors (Lipinski definition) is 1. The van der Waals surface area contributed by atoms with Crippen molar-refractivity contribution in [3.8, 4) is 0 Å². The van der Waals surface area contributed by atoms with E-state index < -0.39 is 12.2 Å². The average molecular weight is 226 g/mol. The molecule has 1 unspecified atom stereocenters. The van der Waals surface area contributed by atoms with Crippen LogP contribution in [-0.2, 0) is 4.74 Å². The second kappa shape index (κ2) is 5.67. The Labute approximate surface area is 87.4 Å². The van der Waals surface area contributed by atoms with Crippen molar-refractivity contribution < 1.29 is 17.9 Å². The van der Waals surface area contributed by atoms with E-state index in [2.05, 4.69) is 0 Å². The number of alkyl halides is 3. The molecule has 0 aromatic carbocycles. The van der Waals surface area contributed by atoms with Crippen molar-refractivity contribution in [2.75, 3.05) is 32.8 Å². The predicted octanol–water partition coefficient (Wildman–Crippen LogP) is 0.988. The third-order valence-electron chi connectivity index (χ3n) is 2.52. The SMILES string of the molecule is NCCC(N1CCCOCC1)C(F)(F)F. The van der Waals surface area contributed by atoms with Gasteiger partial charge in [0.05, 0.1) is 6.61 Å². The van der Waals surface area contributed by atoms with Crippen LogP contribution in [0.3, 0.4) is 0 Å². The fourth-order valence-corrected chi connectivity index (χ4v) is 1.79. The van der Waals surface area contributed by atoms with Gasteiger partial charge in [-0.15, -0.1) is 0 Å². The van der Waals surface area contributed by atoms with Crippen LogP contribution in [0.25, 0.3) is 0 Å². The molecule has 1 heterocycles. The highest BCUT2D eigenvalue weighted by molar-refractivity contribution is 4.80. The molecule has 0 spiro atoms. The zero-order valence-electron chi connectivity index (χ0n) is 8.59. The molecule has 0 aliphatic carbocycles. The molecule has 1 rings (SSSR count). The zero-order chi connectivity index (χ0) is 11.3. The van der Waals surface area contributed by atoms with Crippen LogP contribution in [0.15, 0.2) is 0 Å². The van der Waals surface area contributed by atoms with E-state index >= 15 is 0 Å². The Bertz CT molecular complexity index is 179. The Hall–Kier alpha value is -0.330. The molecular formula is C9H17F3N2O. The molecule has 1 atom stereocenters. The lowest BCUT2D eigenvalue weighted by Gasteiger charge is -2.31. The van der Waals surface area contributed by atoms with Gasteiger partial charge in [0.2, 0.25) is 0 Å². The van der Waals surface area contributed by atoms with E-state index in [1.165, 1.54) is 4.90 Å². The minimum absolute atomic E-state index is 0.0382. The van der Waals surface area contributed by atoms with Crippen LogP contribution < -0.4 is 5.73 Å². The summed E-state index contributed by atoms with van der Waals surface area (Å²) in [6.07, 6.45) is -3.58. The van der Waals surface area contributed by atoms with Gasteiger partial charge in [-0.1, -0.05) is 0 Å². The summed E-state index contributed by atoms with van der Waals surface area (Å²) in [6, 6.07) is -1.41. The van der Waals surface area contributed by atoms with E-state index in [1.54, 1.807) is 0 Å². The van der Waals surface area contributed by atoms with Crippen LogP contribution >= 0.6 is 0 Å². The van der Waals surface area contributed by atoms with Gasteiger partial charge in [0, 0.05) is 19.7 Å². The monoisotopic (exact) mass is 226 g/mol. The van der Waals surface area contributed by atoms with Gasteiger partial charge in [-0.2, -0.15) is 13.2 Å². The summed E-state index contributed by atoms with van der Waals surface area (Å²) in [4.78, 5) is 1.43. The van der Waals surface area contributed by atoms with Gasteiger partial charge >= 0.3 is 6.18 Å². The van der Waals surface area contributed by atoms with Gasteiger partial charge in [0.25, 0.3) is 0 Å². The molecule has 1 saturated heterocycles. The van der Waals surface area contributed by atoms with Crippen molar-refractivity contribution in [3.05, 3.63) is 0 Å². The van der Waals surface area contributed by atoms with Crippen LogP contribution in [0.2, 0.25) is 0 Å². The first kappa shape index (κ1) is 12.7.